The van der Waals surface area contributed by atoms with E-state index in [2.05, 4.69) is 0 Å². The molecule has 0 unspecified atom stereocenters. The third-order valence-electron chi connectivity index (χ3n) is 3.63. The van der Waals surface area contributed by atoms with Gasteiger partial charge in [0, 0.05) is 17.1 Å². The van der Waals surface area contributed by atoms with E-state index in [9.17, 15) is 9.59 Å². The number of carbonyl (C=O) groups is 2. The number of primary amides is 1. The first kappa shape index (κ1) is 16.9. The van der Waals surface area contributed by atoms with E-state index in [1.165, 1.54) is 5.56 Å². The molecule has 3 rings (SSSR count). The molecule has 4 nitrogen and oxygen atoms in total. The van der Waals surface area contributed by atoms with Crippen LogP contribution in [0.5, 0.6) is 0 Å². The van der Waals surface area contributed by atoms with E-state index in [1.54, 1.807) is 36.4 Å². The SMILES string of the molecule is NC(=O)[C@H](OC(=O)c1ccc(C2SCCS2)cc1)c1ccccc1. The maximum absolute atomic E-state index is 12.3. The van der Waals surface area contributed by atoms with Gasteiger partial charge in [-0.15, -0.1) is 23.5 Å². The van der Waals surface area contributed by atoms with Gasteiger partial charge in [0.05, 0.1) is 10.1 Å². The van der Waals surface area contributed by atoms with Crippen molar-refractivity contribution < 1.29 is 14.3 Å². The summed E-state index contributed by atoms with van der Waals surface area (Å²) in [6.45, 7) is 0. The highest BCUT2D eigenvalue weighted by molar-refractivity contribution is 8.19. The lowest BCUT2D eigenvalue weighted by atomic mass is 10.1. The Bertz CT molecular complexity index is 713. The van der Waals surface area contributed by atoms with Crippen LogP contribution in [0.4, 0.5) is 0 Å². The monoisotopic (exact) mass is 359 g/mol. The number of thioether (sulfide) groups is 2. The van der Waals surface area contributed by atoms with E-state index in [-0.39, 0.29) is 0 Å². The van der Waals surface area contributed by atoms with E-state index in [0.717, 1.165) is 11.5 Å². The smallest absolute Gasteiger partial charge is 0.339 e. The molecule has 124 valence electrons. The van der Waals surface area contributed by atoms with Crippen molar-refractivity contribution in [3.05, 3.63) is 71.3 Å². The highest BCUT2D eigenvalue weighted by atomic mass is 32.2. The second kappa shape index (κ2) is 7.77. The van der Waals surface area contributed by atoms with Crippen LogP contribution in [0.15, 0.2) is 54.6 Å². The molecule has 24 heavy (non-hydrogen) atoms. The van der Waals surface area contributed by atoms with Gasteiger partial charge in [-0.25, -0.2) is 4.79 Å². The van der Waals surface area contributed by atoms with Crippen molar-refractivity contribution in [1.29, 1.82) is 0 Å². The summed E-state index contributed by atoms with van der Waals surface area (Å²) in [6, 6.07) is 16.1. The Balaban J connectivity index is 1.72. The van der Waals surface area contributed by atoms with Crippen LogP contribution in [-0.4, -0.2) is 23.4 Å². The molecular formula is C18H17NO3S2. The van der Waals surface area contributed by atoms with Crippen LogP contribution in [0.2, 0.25) is 0 Å². The fourth-order valence-electron chi connectivity index (χ4n) is 2.42. The lowest BCUT2D eigenvalue weighted by Gasteiger charge is -2.15. The van der Waals surface area contributed by atoms with E-state index >= 15 is 0 Å². The maximum Gasteiger partial charge on any atom is 0.339 e. The van der Waals surface area contributed by atoms with Gasteiger partial charge in [0.2, 0.25) is 6.10 Å². The van der Waals surface area contributed by atoms with E-state index < -0.39 is 18.0 Å². The summed E-state index contributed by atoms with van der Waals surface area (Å²) in [5.74, 6) is 1.05. The number of hydrogen-bond donors (Lipinski definition) is 1. The summed E-state index contributed by atoms with van der Waals surface area (Å²) in [7, 11) is 0. The van der Waals surface area contributed by atoms with Gasteiger partial charge in [-0.2, -0.15) is 0 Å². The Labute approximate surface area is 149 Å². The van der Waals surface area contributed by atoms with E-state index in [4.69, 9.17) is 10.5 Å². The number of amides is 1. The molecular weight excluding hydrogens is 342 g/mol. The molecule has 1 saturated heterocycles. The number of esters is 1. The normalized spacial score (nSPS) is 15.8. The van der Waals surface area contributed by atoms with Crippen molar-refractivity contribution in [2.24, 2.45) is 5.73 Å². The first-order valence-electron chi connectivity index (χ1n) is 7.53. The molecule has 0 aliphatic carbocycles. The molecule has 2 aromatic carbocycles. The largest absolute Gasteiger partial charge is 0.444 e. The molecule has 0 spiro atoms. The number of ether oxygens (including phenoxy) is 1. The third kappa shape index (κ3) is 3.94. The molecule has 6 heteroatoms. The highest BCUT2D eigenvalue weighted by Gasteiger charge is 2.24. The summed E-state index contributed by atoms with van der Waals surface area (Å²) in [6.07, 6.45) is -1.08. The molecule has 0 bridgehead atoms. The van der Waals surface area contributed by atoms with Crippen LogP contribution in [0.3, 0.4) is 0 Å². The number of benzene rings is 2. The molecule has 1 aliphatic rings. The van der Waals surface area contributed by atoms with Crippen LogP contribution in [0.25, 0.3) is 0 Å². The van der Waals surface area contributed by atoms with E-state index in [1.807, 2.05) is 41.7 Å². The summed E-state index contributed by atoms with van der Waals surface area (Å²) >= 11 is 3.81. The molecule has 1 atom stereocenters. The zero-order valence-corrected chi connectivity index (χ0v) is 14.5. The molecule has 0 aromatic heterocycles. The van der Waals surface area contributed by atoms with Gasteiger partial charge in [0.25, 0.3) is 5.91 Å². The van der Waals surface area contributed by atoms with Crippen molar-refractivity contribution in [2.75, 3.05) is 11.5 Å². The first-order chi connectivity index (χ1) is 11.6. The van der Waals surface area contributed by atoms with Crippen molar-refractivity contribution in [2.45, 2.75) is 10.7 Å². The Morgan fingerprint density at radius 2 is 1.62 bits per heavy atom. The fraction of sp³-hybridized carbons (Fsp3) is 0.222. The number of hydrogen-bond acceptors (Lipinski definition) is 5. The molecule has 2 N–H and O–H groups in total. The Morgan fingerprint density at radius 3 is 2.21 bits per heavy atom. The predicted molar refractivity (Wildman–Crippen MR) is 97.9 cm³/mol. The minimum atomic E-state index is -1.08. The number of nitrogens with two attached hydrogens (primary N) is 1. The topological polar surface area (TPSA) is 69.4 Å². The lowest BCUT2D eigenvalue weighted by molar-refractivity contribution is -0.127. The second-order valence-electron chi connectivity index (χ2n) is 5.29. The molecule has 1 aliphatic heterocycles. The summed E-state index contributed by atoms with van der Waals surface area (Å²) < 4.78 is 5.75. The molecule has 1 fully saturated rings. The van der Waals surface area contributed by atoms with Crippen LogP contribution < -0.4 is 5.73 Å². The Morgan fingerprint density at radius 1 is 1.00 bits per heavy atom. The lowest BCUT2D eigenvalue weighted by Crippen LogP contribution is -2.26. The van der Waals surface area contributed by atoms with Crippen molar-refractivity contribution in [3.63, 3.8) is 0 Å². The molecule has 1 heterocycles. The van der Waals surface area contributed by atoms with Crippen LogP contribution in [-0.2, 0) is 9.53 Å². The van der Waals surface area contributed by atoms with Gasteiger partial charge in [-0.1, -0.05) is 42.5 Å². The zero-order chi connectivity index (χ0) is 16.9. The molecule has 1 amide bonds. The number of carbonyl (C=O) groups excluding carboxylic acids is 2. The average Bonchev–Trinajstić information content (AvgIpc) is 3.15. The number of rotatable bonds is 5. The standard InChI is InChI=1S/C18H17NO3S2/c19-16(20)15(12-4-2-1-3-5-12)22-17(21)13-6-8-14(9-7-13)18-23-10-11-24-18/h1-9,15,18H,10-11H2,(H2,19,20)/t15-/m1/s1. The average molecular weight is 359 g/mol. The van der Waals surface area contributed by atoms with Gasteiger partial charge in [0.1, 0.15) is 0 Å². The van der Waals surface area contributed by atoms with Gasteiger partial charge in [0.15, 0.2) is 0 Å². The van der Waals surface area contributed by atoms with Crippen LogP contribution in [0, 0.1) is 0 Å². The van der Waals surface area contributed by atoms with Crippen LogP contribution >= 0.6 is 23.5 Å². The van der Waals surface area contributed by atoms with E-state index in [0.29, 0.717) is 15.7 Å². The fourth-order valence-corrected chi connectivity index (χ4v) is 5.28. The minimum absolute atomic E-state index is 0.411. The van der Waals surface area contributed by atoms with Gasteiger partial charge < -0.3 is 10.5 Å². The van der Waals surface area contributed by atoms with Gasteiger partial charge in [-0.05, 0) is 17.7 Å². The first-order valence-corrected chi connectivity index (χ1v) is 9.63. The highest BCUT2D eigenvalue weighted by Crippen LogP contribution is 2.45. The molecule has 0 radical (unpaired) electrons. The van der Waals surface area contributed by atoms with Crippen molar-refractivity contribution in [1.82, 2.24) is 0 Å². The van der Waals surface area contributed by atoms with Crippen molar-refractivity contribution in [3.8, 4) is 0 Å². The molecule has 2 aromatic rings. The quantitative estimate of drug-likeness (QED) is 0.827. The Kier molecular flexibility index (Phi) is 5.48. The predicted octanol–water partition coefficient (Wildman–Crippen LogP) is 3.55. The summed E-state index contributed by atoms with van der Waals surface area (Å²) in [5, 5.41) is 0. The summed E-state index contributed by atoms with van der Waals surface area (Å²) in [5.41, 5.74) is 7.54. The van der Waals surface area contributed by atoms with Gasteiger partial charge in [-0.3, -0.25) is 4.79 Å². The second-order valence-corrected chi connectivity index (χ2v) is 8.02. The van der Waals surface area contributed by atoms with Crippen molar-refractivity contribution >= 4 is 35.4 Å². The Hall–Kier alpha value is -1.92. The van der Waals surface area contributed by atoms with Crippen LogP contribution in [0.1, 0.15) is 32.2 Å². The minimum Gasteiger partial charge on any atom is -0.444 e. The summed E-state index contributed by atoms with van der Waals surface area (Å²) in [4.78, 5) is 24.0. The van der Waals surface area contributed by atoms with Gasteiger partial charge >= 0.3 is 5.97 Å². The maximum atomic E-state index is 12.3. The molecule has 0 saturated carbocycles. The zero-order valence-electron chi connectivity index (χ0n) is 12.9. The third-order valence-corrected chi connectivity index (χ3v) is 6.73.